The maximum Gasteiger partial charge on any atom is 0.205 e. The molecular weight excluding hydrogens is 420 g/mol. The zero-order valence-electron chi connectivity index (χ0n) is 17.4. The molecule has 7 heteroatoms. The summed E-state index contributed by atoms with van der Waals surface area (Å²) in [4.78, 5) is 4.44. The van der Waals surface area contributed by atoms with Crippen molar-refractivity contribution in [3.63, 3.8) is 0 Å². The quantitative estimate of drug-likeness (QED) is 0.294. The molecule has 0 unspecified atom stereocenters. The molecule has 0 bridgehead atoms. The smallest absolute Gasteiger partial charge is 0.205 e. The minimum Gasteiger partial charge on any atom is -0.497 e. The van der Waals surface area contributed by atoms with Crippen molar-refractivity contribution in [2.45, 2.75) is 10.9 Å². The van der Waals surface area contributed by atoms with Crippen LogP contribution in [0.15, 0.2) is 101 Å². The third kappa shape index (κ3) is 4.15. The van der Waals surface area contributed by atoms with Gasteiger partial charge in [-0.25, -0.2) is 4.98 Å². The van der Waals surface area contributed by atoms with Crippen LogP contribution in [0.1, 0.15) is 5.89 Å². The van der Waals surface area contributed by atoms with Crippen molar-refractivity contribution >= 4 is 11.8 Å². The standard InChI is InChI=1S/C25H20N4O2S/c1-30-21-14-8-11-19(15-21)24-27-28-25(29(24)20-12-6-3-7-13-20)32-17-23-26-16-22(31-23)18-9-4-2-5-10-18/h2-16H,17H2,1H3. The first-order valence-corrected chi connectivity index (χ1v) is 11.1. The molecule has 0 spiro atoms. The summed E-state index contributed by atoms with van der Waals surface area (Å²) in [7, 11) is 1.66. The number of benzene rings is 3. The summed E-state index contributed by atoms with van der Waals surface area (Å²) in [6.07, 6.45) is 1.76. The average Bonchev–Trinajstić information content (AvgIpc) is 3.51. The fraction of sp³-hybridized carbons (Fsp3) is 0.0800. The number of methoxy groups -OCH3 is 1. The van der Waals surface area contributed by atoms with Crippen LogP contribution >= 0.6 is 11.8 Å². The zero-order chi connectivity index (χ0) is 21.8. The Balaban J connectivity index is 1.45. The molecule has 2 aromatic heterocycles. The minimum absolute atomic E-state index is 0.538. The van der Waals surface area contributed by atoms with Crippen LogP contribution in [0, 0.1) is 0 Å². The first-order valence-electron chi connectivity index (χ1n) is 10.1. The fourth-order valence-corrected chi connectivity index (χ4v) is 4.17. The Kier molecular flexibility index (Phi) is 5.72. The lowest BCUT2D eigenvalue weighted by Crippen LogP contribution is -2.00. The van der Waals surface area contributed by atoms with Crippen LogP contribution < -0.4 is 4.74 Å². The molecule has 6 nitrogen and oxygen atoms in total. The van der Waals surface area contributed by atoms with Gasteiger partial charge in [0.05, 0.1) is 19.1 Å². The third-order valence-corrected chi connectivity index (χ3v) is 5.83. The first-order chi connectivity index (χ1) is 15.8. The normalized spacial score (nSPS) is 10.9. The van der Waals surface area contributed by atoms with E-state index in [4.69, 9.17) is 9.15 Å². The van der Waals surface area contributed by atoms with E-state index in [1.807, 2.05) is 89.5 Å². The van der Waals surface area contributed by atoms with Gasteiger partial charge in [-0.15, -0.1) is 10.2 Å². The van der Waals surface area contributed by atoms with Gasteiger partial charge in [0.15, 0.2) is 16.7 Å². The third-order valence-electron chi connectivity index (χ3n) is 4.91. The van der Waals surface area contributed by atoms with Gasteiger partial charge in [-0.3, -0.25) is 4.57 Å². The summed E-state index contributed by atoms with van der Waals surface area (Å²) in [5.74, 6) is 3.44. The summed E-state index contributed by atoms with van der Waals surface area (Å²) in [6, 6.07) is 27.8. The average molecular weight is 441 g/mol. The van der Waals surface area contributed by atoms with E-state index in [1.54, 1.807) is 13.3 Å². The predicted octanol–water partition coefficient (Wildman–Crippen LogP) is 5.89. The highest BCUT2D eigenvalue weighted by Gasteiger charge is 2.18. The highest BCUT2D eigenvalue weighted by Crippen LogP contribution is 2.31. The van der Waals surface area contributed by atoms with Gasteiger partial charge in [0, 0.05) is 16.8 Å². The fourth-order valence-electron chi connectivity index (χ4n) is 3.36. The highest BCUT2D eigenvalue weighted by molar-refractivity contribution is 7.98. The molecule has 0 saturated carbocycles. The molecule has 0 atom stereocenters. The van der Waals surface area contributed by atoms with Gasteiger partial charge >= 0.3 is 0 Å². The first kappa shape index (κ1) is 20.1. The number of para-hydroxylation sites is 1. The van der Waals surface area contributed by atoms with E-state index in [0.29, 0.717) is 11.6 Å². The Bertz CT molecular complexity index is 1320. The lowest BCUT2D eigenvalue weighted by atomic mass is 10.2. The number of thioether (sulfide) groups is 1. The summed E-state index contributed by atoms with van der Waals surface area (Å²) in [5, 5.41) is 9.72. The van der Waals surface area contributed by atoms with Crippen molar-refractivity contribution in [1.82, 2.24) is 19.7 Å². The van der Waals surface area contributed by atoms with Crippen LogP contribution in [0.3, 0.4) is 0 Å². The molecule has 0 aliphatic carbocycles. The largest absolute Gasteiger partial charge is 0.497 e. The molecule has 2 heterocycles. The SMILES string of the molecule is COc1cccc(-c2nnc(SCc3ncc(-c4ccccc4)o3)n2-c2ccccc2)c1. The molecule has 3 aromatic carbocycles. The molecule has 0 aliphatic rings. The van der Waals surface area contributed by atoms with E-state index in [1.165, 1.54) is 11.8 Å². The van der Waals surface area contributed by atoms with E-state index in [2.05, 4.69) is 15.2 Å². The van der Waals surface area contributed by atoms with Crippen molar-refractivity contribution in [3.8, 4) is 34.1 Å². The molecule has 5 rings (SSSR count). The number of ether oxygens (including phenoxy) is 1. The van der Waals surface area contributed by atoms with Gasteiger partial charge in [-0.2, -0.15) is 0 Å². The molecule has 32 heavy (non-hydrogen) atoms. The number of aromatic nitrogens is 4. The predicted molar refractivity (Wildman–Crippen MR) is 125 cm³/mol. The minimum atomic E-state index is 0.538. The molecule has 5 aromatic rings. The van der Waals surface area contributed by atoms with Gasteiger partial charge in [-0.1, -0.05) is 72.4 Å². The molecular formula is C25H20N4O2S. The summed E-state index contributed by atoms with van der Waals surface area (Å²) in [6.45, 7) is 0. The second-order valence-corrected chi connectivity index (χ2v) is 7.92. The van der Waals surface area contributed by atoms with Crippen LogP contribution in [0.4, 0.5) is 0 Å². The highest BCUT2D eigenvalue weighted by atomic mass is 32.2. The van der Waals surface area contributed by atoms with Gasteiger partial charge in [0.25, 0.3) is 0 Å². The van der Waals surface area contributed by atoms with Crippen LogP contribution in [-0.2, 0) is 5.75 Å². The van der Waals surface area contributed by atoms with Crippen molar-refractivity contribution < 1.29 is 9.15 Å². The van der Waals surface area contributed by atoms with Gasteiger partial charge in [-0.05, 0) is 24.3 Å². The summed E-state index contributed by atoms with van der Waals surface area (Å²) >= 11 is 1.53. The van der Waals surface area contributed by atoms with E-state index < -0.39 is 0 Å². The molecule has 0 radical (unpaired) electrons. The number of oxazole rings is 1. The number of nitrogens with zero attached hydrogens (tertiary/aromatic N) is 4. The van der Waals surface area contributed by atoms with Crippen LogP contribution in [0.25, 0.3) is 28.4 Å². The lowest BCUT2D eigenvalue weighted by molar-refractivity contribution is 0.415. The Hall–Kier alpha value is -3.84. The monoisotopic (exact) mass is 440 g/mol. The van der Waals surface area contributed by atoms with Gasteiger partial charge < -0.3 is 9.15 Å². The number of hydrogen-bond acceptors (Lipinski definition) is 6. The summed E-state index contributed by atoms with van der Waals surface area (Å²) < 4.78 is 13.4. The zero-order valence-corrected chi connectivity index (χ0v) is 18.2. The molecule has 0 amide bonds. The van der Waals surface area contributed by atoms with E-state index in [0.717, 1.165) is 39.3 Å². The van der Waals surface area contributed by atoms with Crippen LogP contribution in [0.5, 0.6) is 5.75 Å². The molecule has 0 saturated heterocycles. The Labute approximate surface area is 189 Å². The number of rotatable bonds is 7. The molecule has 0 fully saturated rings. The van der Waals surface area contributed by atoms with Crippen molar-refractivity contribution in [2.75, 3.05) is 7.11 Å². The van der Waals surface area contributed by atoms with Crippen molar-refractivity contribution in [1.29, 1.82) is 0 Å². The Morgan fingerprint density at radius 1 is 0.875 bits per heavy atom. The van der Waals surface area contributed by atoms with Crippen LogP contribution in [-0.4, -0.2) is 26.9 Å². The Morgan fingerprint density at radius 3 is 2.41 bits per heavy atom. The second-order valence-electron chi connectivity index (χ2n) is 6.98. The molecule has 0 aliphatic heterocycles. The topological polar surface area (TPSA) is 66.0 Å². The lowest BCUT2D eigenvalue weighted by Gasteiger charge is -2.10. The van der Waals surface area contributed by atoms with E-state index in [-0.39, 0.29) is 0 Å². The second kappa shape index (κ2) is 9.11. The van der Waals surface area contributed by atoms with E-state index >= 15 is 0 Å². The molecule has 0 N–H and O–H groups in total. The van der Waals surface area contributed by atoms with Gasteiger partial charge in [0.1, 0.15) is 5.75 Å². The van der Waals surface area contributed by atoms with Crippen LogP contribution in [0.2, 0.25) is 0 Å². The summed E-state index contributed by atoms with van der Waals surface area (Å²) in [5.41, 5.74) is 2.91. The molecule has 158 valence electrons. The maximum atomic E-state index is 5.95. The Morgan fingerprint density at radius 2 is 1.62 bits per heavy atom. The van der Waals surface area contributed by atoms with Crippen molar-refractivity contribution in [3.05, 3.63) is 97.0 Å². The number of hydrogen-bond donors (Lipinski definition) is 0. The van der Waals surface area contributed by atoms with Crippen molar-refractivity contribution in [2.24, 2.45) is 0 Å². The van der Waals surface area contributed by atoms with E-state index in [9.17, 15) is 0 Å². The maximum absolute atomic E-state index is 5.95. The van der Waals surface area contributed by atoms with Gasteiger partial charge in [0.2, 0.25) is 5.89 Å².